The summed E-state index contributed by atoms with van der Waals surface area (Å²) in [6.07, 6.45) is 25.1. The molecule has 1 aromatic rings. The van der Waals surface area contributed by atoms with Gasteiger partial charge in [-0.3, -0.25) is 0 Å². The van der Waals surface area contributed by atoms with Gasteiger partial charge in [0.25, 0.3) is 0 Å². The van der Waals surface area contributed by atoms with Gasteiger partial charge in [-0.15, -0.1) is 0 Å². The smallest absolute Gasteiger partial charge is 1.00 e. The zero-order chi connectivity index (χ0) is 19.6. The SMILES string of the molecule is CCCCCCP(CCCCCC)C1=Cc2ccccc2[CH]1[Ti+2][C]1=CC=CC1.[Cl-].[Cl-]. The number of benzene rings is 1. The van der Waals surface area contributed by atoms with E-state index in [2.05, 4.69) is 62.4 Å². The summed E-state index contributed by atoms with van der Waals surface area (Å²) in [6.45, 7) is 4.66. The molecule has 0 amide bonds. The molecule has 30 heavy (non-hydrogen) atoms. The summed E-state index contributed by atoms with van der Waals surface area (Å²) in [5.74, 6) is 0. The molecule has 1 unspecified atom stereocenters. The molecular weight excluding hydrogens is 462 g/mol. The van der Waals surface area contributed by atoms with Crippen LogP contribution in [-0.2, 0) is 19.2 Å². The van der Waals surface area contributed by atoms with Gasteiger partial charge in [0.15, 0.2) is 0 Å². The molecule has 0 aromatic heterocycles. The van der Waals surface area contributed by atoms with Crippen molar-refractivity contribution in [3.63, 3.8) is 0 Å². The predicted molar refractivity (Wildman–Crippen MR) is 124 cm³/mol. The first-order chi connectivity index (χ1) is 13.8. The van der Waals surface area contributed by atoms with E-state index >= 15 is 0 Å². The van der Waals surface area contributed by atoms with E-state index in [9.17, 15) is 0 Å². The summed E-state index contributed by atoms with van der Waals surface area (Å²) >= 11 is -0.105. The largest absolute Gasteiger partial charge is 1.00 e. The second-order valence-electron chi connectivity index (χ2n) is 8.21. The van der Waals surface area contributed by atoms with Crippen LogP contribution in [0.3, 0.4) is 0 Å². The Hall–Kier alpha value is 0.164. The normalized spacial score (nSPS) is 16.4. The van der Waals surface area contributed by atoms with Gasteiger partial charge >= 0.3 is 184 Å². The van der Waals surface area contributed by atoms with Crippen molar-refractivity contribution in [2.75, 3.05) is 12.3 Å². The molecule has 0 saturated carbocycles. The molecular formula is C26H37Cl2PTi. The van der Waals surface area contributed by atoms with Crippen LogP contribution in [0.5, 0.6) is 0 Å². The fraction of sp³-hybridized carbons (Fsp3) is 0.538. The van der Waals surface area contributed by atoms with Crippen molar-refractivity contribution in [2.24, 2.45) is 0 Å². The minimum atomic E-state index is -0.105. The van der Waals surface area contributed by atoms with Crippen molar-refractivity contribution >= 4 is 14.0 Å². The average molecular weight is 499 g/mol. The number of allylic oxidation sites excluding steroid dienone is 5. The zero-order valence-corrected chi connectivity index (χ0v) is 22.6. The van der Waals surface area contributed by atoms with Crippen LogP contribution in [0.1, 0.15) is 87.0 Å². The van der Waals surface area contributed by atoms with E-state index in [1.807, 2.05) is 5.31 Å². The summed E-state index contributed by atoms with van der Waals surface area (Å²) in [6, 6.07) is 9.29. The van der Waals surface area contributed by atoms with Crippen molar-refractivity contribution in [1.29, 1.82) is 0 Å². The third-order valence-electron chi connectivity index (χ3n) is 5.94. The first-order valence-electron chi connectivity index (χ1n) is 11.5. The summed E-state index contributed by atoms with van der Waals surface area (Å²) < 4.78 is 2.52. The summed E-state index contributed by atoms with van der Waals surface area (Å²) in [4.78, 5) is 0. The van der Waals surface area contributed by atoms with Crippen LogP contribution in [0.4, 0.5) is 0 Å². The van der Waals surface area contributed by atoms with E-state index < -0.39 is 0 Å². The van der Waals surface area contributed by atoms with Crippen LogP contribution < -0.4 is 24.8 Å². The van der Waals surface area contributed by atoms with E-state index in [1.165, 1.54) is 75.7 Å². The number of halogens is 2. The first-order valence-corrected chi connectivity index (χ1v) is 14.9. The van der Waals surface area contributed by atoms with Crippen molar-refractivity contribution < 1.29 is 44.0 Å². The summed E-state index contributed by atoms with van der Waals surface area (Å²) in [5.41, 5.74) is 3.19. The fourth-order valence-corrected chi connectivity index (χ4v) is 10.5. The minimum absolute atomic E-state index is 0. The Bertz CT molecular complexity index is 699. The molecule has 0 spiro atoms. The third kappa shape index (κ3) is 8.26. The van der Waals surface area contributed by atoms with Gasteiger partial charge in [0, 0.05) is 0 Å². The minimum Gasteiger partial charge on any atom is -1.00 e. The molecule has 1 atom stereocenters. The Morgan fingerprint density at radius 2 is 1.57 bits per heavy atom. The van der Waals surface area contributed by atoms with Crippen LogP contribution in [0, 0.1) is 0 Å². The van der Waals surface area contributed by atoms with Crippen LogP contribution in [0.2, 0.25) is 0 Å². The molecule has 0 aliphatic heterocycles. The van der Waals surface area contributed by atoms with Gasteiger partial charge in [-0.2, -0.15) is 0 Å². The van der Waals surface area contributed by atoms with E-state index in [4.69, 9.17) is 0 Å². The molecule has 2 aliphatic rings. The van der Waals surface area contributed by atoms with Gasteiger partial charge in [0.2, 0.25) is 0 Å². The fourth-order valence-electron chi connectivity index (χ4n) is 4.30. The summed E-state index contributed by atoms with van der Waals surface area (Å²) in [7, 11) is 0.0438. The van der Waals surface area contributed by atoms with Gasteiger partial charge < -0.3 is 24.8 Å². The van der Waals surface area contributed by atoms with E-state index in [-0.39, 0.29) is 51.9 Å². The number of unbranched alkanes of at least 4 members (excludes halogenated alkanes) is 6. The quantitative estimate of drug-likeness (QED) is 0.223. The number of hydrogen-bond donors (Lipinski definition) is 0. The molecule has 164 valence electrons. The topological polar surface area (TPSA) is 0 Å². The van der Waals surface area contributed by atoms with Crippen molar-refractivity contribution in [3.05, 3.63) is 62.8 Å². The molecule has 4 heteroatoms. The molecule has 3 rings (SSSR count). The third-order valence-corrected chi connectivity index (χ3v) is 11.7. The van der Waals surface area contributed by atoms with Crippen LogP contribution in [0.15, 0.2) is 51.7 Å². The maximum absolute atomic E-state index is 2.64. The number of hydrogen-bond acceptors (Lipinski definition) is 0. The predicted octanol–water partition coefficient (Wildman–Crippen LogP) is 2.66. The van der Waals surface area contributed by atoms with Crippen LogP contribution >= 0.6 is 7.92 Å². The van der Waals surface area contributed by atoms with E-state index in [0.29, 0.717) is 0 Å². The van der Waals surface area contributed by atoms with Crippen LogP contribution in [0.25, 0.3) is 6.08 Å². The van der Waals surface area contributed by atoms with Gasteiger partial charge in [0.05, 0.1) is 0 Å². The van der Waals surface area contributed by atoms with Gasteiger partial charge in [-0.1, -0.05) is 0 Å². The van der Waals surface area contributed by atoms with Gasteiger partial charge in [-0.25, -0.2) is 0 Å². The standard InChI is InChI=1S/C21H32P.C5H5.2ClH.Ti/c1-3-5-7-11-15-22(16-12-8-6-4-2)21-17-19-13-9-10-14-20(19)18-21;1-2-4-5-3-1;;;/h9-10,13-14,17-18H,3-8,11-12,15-16H2,1-2H3;1-3H,4H2;2*1H;/q;;;;+2/p-2. The van der Waals surface area contributed by atoms with Crippen molar-refractivity contribution in [1.82, 2.24) is 0 Å². The second-order valence-corrected chi connectivity index (χ2v) is 13.1. The monoisotopic (exact) mass is 498 g/mol. The zero-order valence-electron chi connectivity index (χ0n) is 18.7. The van der Waals surface area contributed by atoms with E-state index in [1.54, 1.807) is 9.44 Å². The molecule has 1 aromatic carbocycles. The number of rotatable bonds is 13. The molecule has 0 nitrogen and oxygen atoms in total. The molecule has 0 N–H and O–H groups in total. The molecule has 0 saturated heterocycles. The molecule has 0 radical (unpaired) electrons. The second kappa shape index (κ2) is 15.9. The first kappa shape index (κ1) is 28.2. The van der Waals surface area contributed by atoms with Crippen LogP contribution in [-0.4, -0.2) is 12.3 Å². The van der Waals surface area contributed by atoms with Gasteiger partial charge in [-0.05, 0) is 0 Å². The van der Waals surface area contributed by atoms with Crippen molar-refractivity contribution in [2.45, 2.75) is 75.9 Å². The number of fused-ring (bicyclic) bond motifs is 1. The Balaban J connectivity index is 0.00000225. The summed E-state index contributed by atoms with van der Waals surface area (Å²) in [5, 5.41) is 1.87. The average Bonchev–Trinajstić information content (AvgIpc) is 3.35. The molecule has 0 fully saturated rings. The Morgan fingerprint density at radius 1 is 0.900 bits per heavy atom. The van der Waals surface area contributed by atoms with Crippen molar-refractivity contribution in [3.8, 4) is 0 Å². The Labute approximate surface area is 208 Å². The molecule has 2 aliphatic carbocycles. The van der Waals surface area contributed by atoms with Gasteiger partial charge in [0.1, 0.15) is 0 Å². The van der Waals surface area contributed by atoms with E-state index in [0.717, 1.165) is 4.22 Å². The Kier molecular flexibility index (Phi) is 14.9. The molecule has 0 heterocycles. The maximum Gasteiger partial charge on any atom is -1.00 e. The molecule has 0 bridgehead atoms. The Morgan fingerprint density at radius 3 is 2.17 bits per heavy atom. The maximum atomic E-state index is 2.64.